The van der Waals surface area contributed by atoms with Crippen LogP contribution in [0.15, 0.2) is 54.6 Å². The standard InChI is InChI=1S/C15H18N2O/c1-2-15(11-7-4-8-12-15)17(16)14(18)13-9-5-3-6-10-13/h3-11H,2,12,16H2,1H3. The molecule has 1 aliphatic rings. The van der Waals surface area contributed by atoms with Gasteiger partial charge in [-0.1, -0.05) is 49.4 Å². The lowest BCUT2D eigenvalue weighted by atomic mass is 9.87. The van der Waals surface area contributed by atoms with E-state index in [0.717, 1.165) is 12.8 Å². The van der Waals surface area contributed by atoms with Crippen LogP contribution in [0.1, 0.15) is 30.1 Å². The lowest BCUT2D eigenvalue weighted by molar-refractivity contribution is 0.0561. The largest absolute Gasteiger partial charge is 0.268 e. The van der Waals surface area contributed by atoms with Crippen molar-refractivity contribution in [2.45, 2.75) is 25.3 Å². The second-order valence-electron chi connectivity index (χ2n) is 4.49. The van der Waals surface area contributed by atoms with Crippen LogP contribution in [0.3, 0.4) is 0 Å². The minimum atomic E-state index is -0.401. The van der Waals surface area contributed by atoms with E-state index in [9.17, 15) is 4.79 Å². The zero-order valence-corrected chi connectivity index (χ0v) is 10.5. The Morgan fingerprint density at radius 1 is 1.33 bits per heavy atom. The number of carbonyl (C=O) groups is 1. The predicted octanol–water partition coefficient (Wildman–Crippen LogP) is 2.67. The third-order valence-corrected chi connectivity index (χ3v) is 3.46. The fraction of sp³-hybridized carbons (Fsp3) is 0.267. The maximum Gasteiger partial charge on any atom is 0.268 e. The van der Waals surface area contributed by atoms with E-state index in [1.165, 1.54) is 5.01 Å². The van der Waals surface area contributed by atoms with E-state index in [2.05, 4.69) is 0 Å². The average molecular weight is 242 g/mol. The van der Waals surface area contributed by atoms with Gasteiger partial charge in [0.1, 0.15) is 0 Å². The molecule has 94 valence electrons. The van der Waals surface area contributed by atoms with Crippen molar-refractivity contribution >= 4 is 5.91 Å². The number of hydrogen-bond acceptors (Lipinski definition) is 2. The number of nitrogens with two attached hydrogens (primary N) is 1. The molecule has 0 aromatic heterocycles. The van der Waals surface area contributed by atoms with Crippen molar-refractivity contribution in [1.82, 2.24) is 5.01 Å². The normalized spacial score (nSPS) is 21.9. The Hall–Kier alpha value is -1.87. The molecule has 0 fully saturated rings. The fourth-order valence-electron chi connectivity index (χ4n) is 2.19. The van der Waals surface area contributed by atoms with Gasteiger partial charge >= 0.3 is 0 Å². The summed E-state index contributed by atoms with van der Waals surface area (Å²) >= 11 is 0. The van der Waals surface area contributed by atoms with Crippen LogP contribution in [0.5, 0.6) is 0 Å². The molecular formula is C15H18N2O. The van der Waals surface area contributed by atoms with Gasteiger partial charge in [-0.3, -0.25) is 9.80 Å². The van der Waals surface area contributed by atoms with Crippen LogP contribution in [0.25, 0.3) is 0 Å². The number of carbonyl (C=O) groups excluding carboxylic acids is 1. The molecule has 2 N–H and O–H groups in total. The lowest BCUT2D eigenvalue weighted by Crippen LogP contribution is -2.54. The highest BCUT2D eigenvalue weighted by Gasteiger charge is 2.34. The highest BCUT2D eigenvalue weighted by molar-refractivity contribution is 5.94. The molecular weight excluding hydrogens is 224 g/mol. The zero-order chi connectivity index (χ0) is 13.0. The number of hydrazine groups is 1. The molecule has 2 rings (SSSR count). The summed E-state index contributed by atoms with van der Waals surface area (Å²) in [5.74, 6) is 5.93. The first-order valence-corrected chi connectivity index (χ1v) is 6.18. The number of rotatable bonds is 3. The SMILES string of the molecule is CCC1(N(N)C(=O)c2ccccc2)C=CC=CC1. The average Bonchev–Trinajstić information content (AvgIpc) is 2.47. The molecule has 0 saturated carbocycles. The van der Waals surface area contributed by atoms with Crippen molar-refractivity contribution in [3.8, 4) is 0 Å². The van der Waals surface area contributed by atoms with Crippen LogP contribution in [0.2, 0.25) is 0 Å². The van der Waals surface area contributed by atoms with Gasteiger partial charge in [0, 0.05) is 5.56 Å². The molecule has 18 heavy (non-hydrogen) atoms. The Morgan fingerprint density at radius 3 is 2.61 bits per heavy atom. The van der Waals surface area contributed by atoms with Gasteiger partial charge in [-0.05, 0) is 25.0 Å². The van der Waals surface area contributed by atoms with Crippen molar-refractivity contribution in [3.63, 3.8) is 0 Å². The predicted molar refractivity (Wildman–Crippen MR) is 72.7 cm³/mol. The monoisotopic (exact) mass is 242 g/mol. The lowest BCUT2D eigenvalue weighted by Gasteiger charge is -2.38. The van der Waals surface area contributed by atoms with E-state index in [-0.39, 0.29) is 5.91 Å². The third kappa shape index (κ3) is 2.22. The first-order chi connectivity index (χ1) is 8.69. The summed E-state index contributed by atoms with van der Waals surface area (Å²) in [6.45, 7) is 2.04. The molecule has 0 radical (unpaired) electrons. The third-order valence-electron chi connectivity index (χ3n) is 3.46. The van der Waals surface area contributed by atoms with Crippen LogP contribution in [0, 0.1) is 0 Å². The number of nitrogens with zero attached hydrogens (tertiary/aromatic N) is 1. The van der Waals surface area contributed by atoms with Crippen molar-refractivity contribution < 1.29 is 4.79 Å². The molecule has 0 aliphatic heterocycles. The first kappa shape index (κ1) is 12.6. The Bertz CT molecular complexity index is 479. The van der Waals surface area contributed by atoms with Gasteiger partial charge < -0.3 is 0 Å². The smallest absolute Gasteiger partial charge is 0.268 e. The van der Waals surface area contributed by atoms with Crippen LogP contribution in [0.4, 0.5) is 0 Å². The number of benzene rings is 1. The summed E-state index contributed by atoms with van der Waals surface area (Å²) in [5.41, 5.74) is 0.220. The molecule has 3 heteroatoms. The Labute approximate surface area is 108 Å². The van der Waals surface area contributed by atoms with E-state index in [0.29, 0.717) is 5.56 Å². The van der Waals surface area contributed by atoms with Gasteiger partial charge in [0.25, 0.3) is 5.91 Å². The molecule has 1 aromatic rings. The van der Waals surface area contributed by atoms with Crippen molar-refractivity contribution in [2.24, 2.45) is 5.84 Å². The van der Waals surface area contributed by atoms with Gasteiger partial charge in [-0.15, -0.1) is 0 Å². The number of hydrogen-bond donors (Lipinski definition) is 1. The minimum Gasteiger partial charge on any atom is -0.268 e. The van der Waals surface area contributed by atoms with Gasteiger partial charge in [-0.2, -0.15) is 0 Å². The maximum atomic E-state index is 12.4. The van der Waals surface area contributed by atoms with Gasteiger partial charge in [0.2, 0.25) is 0 Å². The van der Waals surface area contributed by atoms with Crippen LogP contribution >= 0.6 is 0 Å². The van der Waals surface area contributed by atoms with Crippen molar-refractivity contribution in [1.29, 1.82) is 0 Å². The summed E-state index contributed by atoms with van der Waals surface area (Å²) in [5, 5.41) is 1.36. The second kappa shape index (κ2) is 5.19. The second-order valence-corrected chi connectivity index (χ2v) is 4.49. The summed E-state index contributed by atoms with van der Waals surface area (Å²) in [4.78, 5) is 12.4. The molecule has 0 saturated heterocycles. The van der Waals surface area contributed by atoms with Gasteiger partial charge in [-0.25, -0.2) is 5.84 Å². The Balaban J connectivity index is 2.25. The molecule has 1 amide bonds. The fourth-order valence-corrected chi connectivity index (χ4v) is 2.19. The highest BCUT2D eigenvalue weighted by Crippen LogP contribution is 2.27. The topological polar surface area (TPSA) is 46.3 Å². The Morgan fingerprint density at radius 2 is 2.06 bits per heavy atom. The molecule has 0 heterocycles. The molecule has 1 unspecified atom stereocenters. The molecule has 0 spiro atoms. The summed E-state index contributed by atoms with van der Waals surface area (Å²) in [6, 6.07) is 9.14. The molecule has 0 bridgehead atoms. The van der Waals surface area contributed by atoms with Gasteiger partial charge in [0.15, 0.2) is 0 Å². The summed E-state index contributed by atoms with van der Waals surface area (Å²) in [6.07, 6.45) is 9.54. The van der Waals surface area contributed by atoms with E-state index in [1.54, 1.807) is 12.1 Å². The van der Waals surface area contributed by atoms with Crippen molar-refractivity contribution in [2.75, 3.05) is 0 Å². The molecule has 1 aromatic carbocycles. The van der Waals surface area contributed by atoms with Gasteiger partial charge in [0.05, 0.1) is 5.54 Å². The quantitative estimate of drug-likeness (QED) is 0.503. The summed E-state index contributed by atoms with van der Waals surface area (Å²) in [7, 11) is 0. The molecule has 1 aliphatic carbocycles. The van der Waals surface area contributed by atoms with Crippen LogP contribution < -0.4 is 5.84 Å². The number of amides is 1. The van der Waals surface area contributed by atoms with E-state index >= 15 is 0 Å². The first-order valence-electron chi connectivity index (χ1n) is 6.18. The van der Waals surface area contributed by atoms with E-state index in [4.69, 9.17) is 5.84 Å². The molecule has 1 atom stereocenters. The minimum absolute atomic E-state index is 0.141. The van der Waals surface area contributed by atoms with Crippen LogP contribution in [-0.4, -0.2) is 16.5 Å². The van der Waals surface area contributed by atoms with E-state index < -0.39 is 5.54 Å². The maximum absolute atomic E-state index is 12.4. The highest BCUT2D eigenvalue weighted by atomic mass is 16.2. The molecule has 3 nitrogen and oxygen atoms in total. The Kier molecular flexibility index (Phi) is 3.63. The van der Waals surface area contributed by atoms with Crippen LogP contribution in [-0.2, 0) is 0 Å². The van der Waals surface area contributed by atoms with Crippen molar-refractivity contribution in [3.05, 3.63) is 60.2 Å². The zero-order valence-electron chi connectivity index (χ0n) is 10.5. The van der Waals surface area contributed by atoms with E-state index in [1.807, 2.05) is 49.4 Å². The summed E-state index contributed by atoms with van der Waals surface area (Å²) < 4.78 is 0. The number of allylic oxidation sites excluding steroid dienone is 2.